The molecule has 0 aliphatic carbocycles. The lowest BCUT2D eigenvalue weighted by atomic mass is 10.1. The van der Waals surface area contributed by atoms with Gasteiger partial charge in [-0.3, -0.25) is 4.79 Å². The van der Waals surface area contributed by atoms with Crippen molar-refractivity contribution in [2.45, 2.75) is 26.9 Å². The molecule has 5 heteroatoms. The van der Waals surface area contributed by atoms with E-state index in [4.69, 9.17) is 4.74 Å². The lowest BCUT2D eigenvalue weighted by Crippen LogP contribution is -2.22. The molecule has 0 spiro atoms. The van der Waals surface area contributed by atoms with Crippen molar-refractivity contribution in [1.29, 1.82) is 0 Å². The number of carbonyl (C=O) groups is 1. The molecule has 3 aromatic carbocycles. The number of methoxy groups -OCH3 is 1. The van der Waals surface area contributed by atoms with Gasteiger partial charge in [0.2, 0.25) is 0 Å². The minimum atomic E-state index is -0.238. The highest BCUT2D eigenvalue weighted by atomic mass is 19.1. The Balaban J connectivity index is 1.57. The third-order valence-corrected chi connectivity index (χ3v) is 5.72. The van der Waals surface area contributed by atoms with Crippen LogP contribution in [0.1, 0.15) is 32.7 Å². The van der Waals surface area contributed by atoms with E-state index >= 15 is 0 Å². The van der Waals surface area contributed by atoms with Crippen LogP contribution in [-0.4, -0.2) is 17.6 Å². The molecule has 0 aliphatic rings. The average Bonchev–Trinajstić information content (AvgIpc) is 3.02. The minimum absolute atomic E-state index is 0.125. The topological polar surface area (TPSA) is 43.3 Å². The van der Waals surface area contributed by atoms with E-state index in [1.54, 1.807) is 19.2 Å². The number of aryl methyl sites for hydroxylation is 1. The van der Waals surface area contributed by atoms with Gasteiger partial charge in [0.1, 0.15) is 11.6 Å². The number of ether oxygens (including phenoxy) is 1. The van der Waals surface area contributed by atoms with Gasteiger partial charge < -0.3 is 14.6 Å². The summed E-state index contributed by atoms with van der Waals surface area (Å²) in [6.07, 6.45) is 0. The minimum Gasteiger partial charge on any atom is -0.497 e. The molecule has 1 N–H and O–H groups in total. The molecule has 4 nitrogen and oxygen atoms in total. The highest BCUT2D eigenvalue weighted by Gasteiger charge is 2.14. The van der Waals surface area contributed by atoms with E-state index in [1.165, 1.54) is 6.07 Å². The Morgan fingerprint density at radius 3 is 2.55 bits per heavy atom. The Bertz CT molecular complexity index is 1260. The number of fused-ring (bicyclic) bond motifs is 1. The molecule has 31 heavy (non-hydrogen) atoms. The van der Waals surface area contributed by atoms with E-state index in [2.05, 4.69) is 23.7 Å². The number of nitrogens with one attached hydrogen (secondary N) is 1. The zero-order valence-electron chi connectivity index (χ0n) is 17.9. The highest BCUT2D eigenvalue weighted by molar-refractivity contribution is 5.99. The number of carbonyl (C=O) groups excluding carboxylic acids is 1. The third kappa shape index (κ3) is 4.31. The monoisotopic (exact) mass is 416 g/mol. The number of aromatic nitrogens is 1. The largest absolute Gasteiger partial charge is 0.497 e. The summed E-state index contributed by atoms with van der Waals surface area (Å²) in [5, 5.41) is 4.01. The van der Waals surface area contributed by atoms with Gasteiger partial charge in [0.05, 0.1) is 7.11 Å². The first kappa shape index (κ1) is 20.7. The van der Waals surface area contributed by atoms with Crippen LogP contribution >= 0.6 is 0 Å². The molecule has 0 bridgehead atoms. The number of rotatable bonds is 6. The van der Waals surface area contributed by atoms with Crippen molar-refractivity contribution in [2.24, 2.45) is 0 Å². The van der Waals surface area contributed by atoms with Gasteiger partial charge in [-0.05, 0) is 73.0 Å². The third-order valence-electron chi connectivity index (χ3n) is 5.72. The molecule has 4 aromatic rings. The maximum atomic E-state index is 13.6. The van der Waals surface area contributed by atoms with Gasteiger partial charge >= 0.3 is 0 Å². The van der Waals surface area contributed by atoms with Gasteiger partial charge in [-0.25, -0.2) is 4.39 Å². The van der Waals surface area contributed by atoms with E-state index in [0.717, 1.165) is 39.0 Å². The second kappa shape index (κ2) is 8.64. The van der Waals surface area contributed by atoms with Crippen molar-refractivity contribution in [3.05, 3.63) is 100 Å². The molecule has 0 radical (unpaired) electrons. The maximum Gasteiger partial charge on any atom is 0.251 e. The molecule has 0 aliphatic heterocycles. The lowest BCUT2D eigenvalue weighted by Gasteiger charge is -2.10. The van der Waals surface area contributed by atoms with Crippen LogP contribution in [0.15, 0.2) is 66.7 Å². The number of nitrogens with zero attached hydrogens (tertiary/aromatic N) is 1. The smallest absolute Gasteiger partial charge is 0.251 e. The summed E-state index contributed by atoms with van der Waals surface area (Å²) < 4.78 is 21.0. The average molecular weight is 416 g/mol. The van der Waals surface area contributed by atoms with Crippen molar-refractivity contribution < 1.29 is 13.9 Å². The first-order chi connectivity index (χ1) is 15.0. The highest BCUT2D eigenvalue weighted by Crippen LogP contribution is 2.27. The molecule has 1 aromatic heterocycles. The van der Waals surface area contributed by atoms with Crippen LogP contribution < -0.4 is 10.1 Å². The van der Waals surface area contributed by atoms with Gasteiger partial charge in [-0.15, -0.1) is 0 Å². The molecule has 0 saturated carbocycles. The van der Waals surface area contributed by atoms with Gasteiger partial charge in [0.25, 0.3) is 5.91 Å². The summed E-state index contributed by atoms with van der Waals surface area (Å²) >= 11 is 0. The zero-order valence-corrected chi connectivity index (χ0v) is 17.9. The van der Waals surface area contributed by atoms with Gasteiger partial charge in [-0.1, -0.05) is 24.3 Å². The Kier molecular flexibility index (Phi) is 5.76. The van der Waals surface area contributed by atoms with Gasteiger partial charge in [0, 0.05) is 35.2 Å². The molecular formula is C26H25FN2O2. The van der Waals surface area contributed by atoms with Crippen LogP contribution in [0.4, 0.5) is 4.39 Å². The molecule has 0 saturated heterocycles. The molecular weight excluding hydrogens is 391 g/mol. The van der Waals surface area contributed by atoms with Crippen molar-refractivity contribution in [3.8, 4) is 5.75 Å². The fraction of sp³-hybridized carbons (Fsp3) is 0.192. The zero-order chi connectivity index (χ0) is 22.0. The molecule has 158 valence electrons. The Morgan fingerprint density at radius 1 is 1.00 bits per heavy atom. The van der Waals surface area contributed by atoms with E-state index in [1.807, 2.05) is 48.5 Å². The SMILES string of the molecule is COc1cccc(CNC(=O)c2ccc3c(c2)c(C)c(C)n3Cc2cccc(F)c2)c1. The van der Waals surface area contributed by atoms with Crippen molar-refractivity contribution >= 4 is 16.8 Å². The summed E-state index contributed by atoms with van der Waals surface area (Å²) in [6, 6.07) is 20.0. The maximum absolute atomic E-state index is 13.6. The second-order valence-corrected chi connectivity index (χ2v) is 7.69. The fourth-order valence-corrected chi connectivity index (χ4v) is 3.88. The first-order valence-electron chi connectivity index (χ1n) is 10.2. The van der Waals surface area contributed by atoms with Crippen molar-refractivity contribution in [1.82, 2.24) is 9.88 Å². The first-order valence-corrected chi connectivity index (χ1v) is 10.2. The number of amides is 1. The summed E-state index contributed by atoms with van der Waals surface area (Å²) in [4.78, 5) is 12.8. The molecule has 1 heterocycles. The Hall–Kier alpha value is -3.60. The number of halogens is 1. The van der Waals surface area contributed by atoms with Gasteiger partial charge in [0.15, 0.2) is 0 Å². The Labute approximate surface area is 181 Å². The molecule has 0 unspecified atom stereocenters. The molecule has 4 rings (SSSR count). The van der Waals surface area contributed by atoms with E-state index in [0.29, 0.717) is 18.7 Å². The normalized spacial score (nSPS) is 11.0. The van der Waals surface area contributed by atoms with Crippen LogP contribution in [0.25, 0.3) is 10.9 Å². The van der Waals surface area contributed by atoms with Crippen molar-refractivity contribution in [2.75, 3.05) is 7.11 Å². The standard InChI is InChI=1S/C26H25FN2O2/c1-17-18(2)29(16-20-7-4-8-22(27)12-20)25-11-10-21(14-24(17)25)26(30)28-15-19-6-5-9-23(13-19)31-3/h4-14H,15-16H2,1-3H3,(H,28,30). The lowest BCUT2D eigenvalue weighted by molar-refractivity contribution is 0.0951. The summed E-state index contributed by atoms with van der Waals surface area (Å²) in [5.74, 6) is 0.400. The summed E-state index contributed by atoms with van der Waals surface area (Å²) in [5.41, 5.74) is 5.74. The van der Waals surface area contributed by atoms with Gasteiger partial charge in [-0.2, -0.15) is 0 Å². The quantitative estimate of drug-likeness (QED) is 0.458. The Morgan fingerprint density at radius 2 is 1.77 bits per heavy atom. The van der Waals surface area contributed by atoms with Crippen LogP contribution in [0, 0.1) is 19.7 Å². The molecule has 0 atom stereocenters. The predicted octanol–water partition coefficient (Wildman–Crippen LogP) is 5.38. The van der Waals surface area contributed by atoms with Crippen molar-refractivity contribution in [3.63, 3.8) is 0 Å². The second-order valence-electron chi connectivity index (χ2n) is 7.69. The van der Waals surface area contributed by atoms with E-state index in [9.17, 15) is 9.18 Å². The number of hydrogen-bond acceptors (Lipinski definition) is 2. The summed E-state index contributed by atoms with van der Waals surface area (Å²) in [7, 11) is 1.62. The van der Waals surface area contributed by atoms with Crippen LogP contribution in [0.5, 0.6) is 5.75 Å². The van der Waals surface area contributed by atoms with E-state index < -0.39 is 0 Å². The van der Waals surface area contributed by atoms with Crippen LogP contribution in [-0.2, 0) is 13.1 Å². The fourth-order valence-electron chi connectivity index (χ4n) is 3.88. The number of hydrogen-bond donors (Lipinski definition) is 1. The van der Waals surface area contributed by atoms with Crippen LogP contribution in [0.3, 0.4) is 0 Å². The molecule has 1 amide bonds. The predicted molar refractivity (Wildman–Crippen MR) is 121 cm³/mol. The molecule has 0 fully saturated rings. The number of benzene rings is 3. The summed E-state index contributed by atoms with van der Waals surface area (Å²) in [6.45, 7) is 5.11. The van der Waals surface area contributed by atoms with Crippen LogP contribution in [0.2, 0.25) is 0 Å². The van der Waals surface area contributed by atoms with E-state index in [-0.39, 0.29) is 11.7 Å².